The molecule has 144 valence electrons. The highest BCUT2D eigenvalue weighted by molar-refractivity contribution is 6.10. The van der Waals surface area contributed by atoms with Crippen LogP contribution in [-0.2, 0) is 0 Å². The van der Waals surface area contributed by atoms with Gasteiger partial charge in [0.05, 0.1) is 5.56 Å². The number of pyridine rings is 1. The lowest BCUT2D eigenvalue weighted by Crippen LogP contribution is -2.09. The summed E-state index contributed by atoms with van der Waals surface area (Å²) in [6, 6.07) is 26.3. The minimum atomic E-state index is -0.501. The van der Waals surface area contributed by atoms with Crippen LogP contribution in [-0.4, -0.2) is 16.1 Å². The molecule has 0 spiro atoms. The van der Waals surface area contributed by atoms with E-state index in [1.54, 1.807) is 30.5 Å². The number of nitrogens with zero attached hydrogens (tertiary/aromatic N) is 1. The van der Waals surface area contributed by atoms with Crippen molar-refractivity contribution in [2.24, 2.45) is 0 Å². The largest absolute Gasteiger partial charge is 0.507 e. The van der Waals surface area contributed by atoms with Gasteiger partial charge in [0.25, 0.3) is 0 Å². The summed E-state index contributed by atoms with van der Waals surface area (Å²) in [6.07, 6.45) is 3.07. The van der Waals surface area contributed by atoms with E-state index in [1.165, 1.54) is 6.20 Å². The Kier molecular flexibility index (Phi) is 4.37. The maximum absolute atomic E-state index is 12.8. The summed E-state index contributed by atoms with van der Waals surface area (Å²) in [5, 5.41) is 14.6. The summed E-state index contributed by atoms with van der Waals surface area (Å²) < 4.78 is 5.81. The molecule has 0 radical (unpaired) electrons. The first kappa shape index (κ1) is 17.9. The first-order valence-corrected chi connectivity index (χ1v) is 9.57. The molecule has 1 heterocycles. The molecule has 0 unspecified atom stereocenters. The molecule has 0 aliphatic carbocycles. The average molecular weight is 391 g/mol. The number of phenolic OH excluding ortho intramolecular Hbond substituents is 1. The van der Waals surface area contributed by atoms with Crippen molar-refractivity contribution in [3.8, 4) is 22.6 Å². The fourth-order valence-corrected chi connectivity index (χ4v) is 3.76. The molecule has 5 rings (SSSR count). The van der Waals surface area contributed by atoms with Gasteiger partial charge < -0.3 is 9.84 Å². The smallest absolute Gasteiger partial charge is 0.345 e. The Labute approximate surface area is 173 Å². The third-order valence-corrected chi connectivity index (χ3v) is 5.15. The van der Waals surface area contributed by atoms with Crippen molar-refractivity contribution in [1.29, 1.82) is 0 Å². The predicted octanol–water partition coefficient (Wildman–Crippen LogP) is 5.98. The molecule has 4 aromatic carbocycles. The van der Waals surface area contributed by atoms with E-state index in [-0.39, 0.29) is 5.75 Å². The van der Waals surface area contributed by atoms with Crippen molar-refractivity contribution in [2.75, 3.05) is 0 Å². The Balaban J connectivity index is 1.78. The number of aromatic hydroxyl groups is 1. The van der Waals surface area contributed by atoms with Crippen LogP contribution in [0, 0.1) is 0 Å². The molecular weight excluding hydrogens is 374 g/mol. The SMILES string of the molecule is O=C(Oc1ccc2ccccc2c1-c1c(O)ccc2ccccc12)c1cccnc1. The second-order valence-electron chi connectivity index (χ2n) is 6.97. The van der Waals surface area contributed by atoms with Gasteiger partial charge in [-0.15, -0.1) is 0 Å². The van der Waals surface area contributed by atoms with Gasteiger partial charge in [0.15, 0.2) is 0 Å². The van der Waals surface area contributed by atoms with E-state index in [0.29, 0.717) is 22.4 Å². The van der Waals surface area contributed by atoms with Gasteiger partial charge in [-0.05, 0) is 45.8 Å². The average Bonchev–Trinajstić information content (AvgIpc) is 2.80. The topological polar surface area (TPSA) is 59.4 Å². The molecule has 0 bridgehead atoms. The predicted molar refractivity (Wildman–Crippen MR) is 118 cm³/mol. The summed E-state index contributed by atoms with van der Waals surface area (Å²) in [7, 11) is 0. The van der Waals surface area contributed by atoms with Gasteiger partial charge in [-0.2, -0.15) is 0 Å². The van der Waals surface area contributed by atoms with Crippen molar-refractivity contribution in [2.45, 2.75) is 0 Å². The number of carbonyl (C=O) groups excluding carboxylic acids is 1. The summed E-state index contributed by atoms with van der Waals surface area (Å²) >= 11 is 0. The molecular formula is C26H17NO3. The Hall–Kier alpha value is -4.18. The van der Waals surface area contributed by atoms with Crippen LogP contribution < -0.4 is 4.74 Å². The van der Waals surface area contributed by atoms with E-state index >= 15 is 0 Å². The van der Waals surface area contributed by atoms with Crippen molar-refractivity contribution in [1.82, 2.24) is 4.98 Å². The standard InChI is InChI=1S/C26H17NO3/c28-22-13-11-17-6-1-3-9-20(17)24(22)25-21-10-4-2-7-18(21)12-14-23(25)30-26(29)19-8-5-15-27-16-19/h1-16,28H. The maximum atomic E-state index is 12.8. The maximum Gasteiger partial charge on any atom is 0.345 e. The van der Waals surface area contributed by atoms with Gasteiger partial charge in [-0.1, -0.05) is 60.7 Å². The number of fused-ring (bicyclic) bond motifs is 2. The molecule has 0 saturated heterocycles. The number of benzene rings is 4. The number of esters is 1. The fourth-order valence-electron chi connectivity index (χ4n) is 3.76. The molecule has 1 aromatic heterocycles. The van der Waals surface area contributed by atoms with E-state index in [4.69, 9.17) is 4.74 Å². The van der Waals surface area contributed by atoms with E-state index in [2.05, 4.69) is 4.98 Å². The fraction of sp³-hybridized carbons (Fsp3) is 0. The first-order valence-electron chi connectivity index (χ1n) is 9.57. The molecule has 4 nitrogen and oxygen atoms in total. The molecule has 0 aliphatic heterocycles. The van der Waals surface area contributed by atoms with Gasteiger partial charge in [0.2, 0.25) is 0 Å². The number of ether oxygens (including phenoxy) is 1. The van der Waals surface area contributed by atoms with Crippen LogP contribution in [0.5, 0.6) is 11.5 Å². The lowest BCUT2D eigenvalue weighted by molar-refractivity contribution is 0.0735. The lowest BCUT2D eigenvalue weighted by atomic mass is 9.92. The molecule has 0 aliphatic rings. The van der Waals surface area contributed by atoms with Crippen LogP contribution in [0.4, 0.5) is 0 Å². The van der Waals surface area contributed by atoms with E-state index in [1.807, 2.05) is 60.7 Å². The zero-order valence-electron chi connectivity index (χ0n) is 15.9. The molecule has 5 aromatic rings. The van der Waals surface area contributed by atoms with Crippen molar-refractivity contribution in [3.05, 3.63) is 103 Å². The highest BCUT2D eigenvalue weighted by atomic mass is 16.5. The van der Waals surface area contributed by atoms with Crippen LogP contribution in [0.1, 0.15) is 10.4 Å². The van der Waals surface area contributed by atoms with Crippen LogP contribution in [0.25, 0.3) is 32.7 Å². The van der Waals surface area contributed by atoms with Gasteiger partial charge in [-0.3, -0.25) is 4.98 Å². The second kappa shape index (κ2) is 7.33. The van der Waals surface area contributed by atoms with E-state index in [9.17, 15) is 9.90 Å². The third-order valence-electron chi connectivity index (χ3n) is 5.15. The zero-order chi connectivity index (χ0) is 20.5. The van der Waals surface area contributed by atoms with Crippen molar-refractivity contribution in [3.63, 3.8) is 0 Å². The molecule has 0 atom stereocenters. The third kappa shape index (κ3) is 3.05. The van der Waals surface area contributed by atoms with Crippen LogP contribution in [0.3, 0.4) is 0 Å². The summed E-state index contributed by atoms with van der Waals surface area (Å²) in [6.45, 7) is 0. The van der Waals surface area contributed by atoms with Gasteiger partial charge in [-0.25, -0.2) is 4.79 Å². The molecule has 0 fully saturated rings. The number of carbonyl (C=O) groups is 1. The Morgan fingerprint density at radius 3 is 2.10 bits per heavy atom. The Morgan fingerprint density at radius 1 is 0.733 bits per heavy atom. The molecule has 1 N–H and O–H groups in total. The minimum Gasteiger partial charge on any atom is -0.507 e. The highest BCUT2D eigenvalue weighted by Gasteiger charge is 2.20. The quantitative estimate of drug-likeness (QED) is 0.304. The number of hydrogen-bond donors (Lipinski definition) is 1. The normalized spacial score (nSPS) is 10.9. The van der Waals surface area contributed by atoms with Crippen LogP contribution >= 0.6 is 0 Å². The van der Waals surface area contributed by atoms with Gasteiger partial charge >= 0.3 is 5.97 Å². The molecule has 0 saturated carbocycles. The van der Waals surface area contributed by atoms with Gasteiger partial charge in [0.1, 0.15) is 11.5 Å². The highest BCUT2D eigenvalue weighted by Crippen LogP contribution is 2.45. The van der Waals surface area contributed by atoms with Gasteiger partial charge in [0, 0.05) is 23.5 Å². The number of rotatable bonds is 3. The zero-order valence-corrected chi connectivity index (χ0v) is 15.9. The number of phenols is 1. The molecule has 30 heavy (non-hydrogen) atoms. The Morgan fingerprint density at radius 2 is 1.40 bits per heavy atom. The number of aromatic nitrogens is 1. The monoisotopic (exact) mass is 391 g/mol. The first-order chi connectivity index (χ1) is 14.7. The van der Waals surface area contributed by atoms with Crippen LogP contribution in [0.15, 0.2) is 97.3 Å². The van der Waals surface area contributed by atoms with Crippen molar-refractivity contribution >= 4 is 27.5 Å². The summed E-state index contributed by atoms with van der Waals surface area (Å²) in [5.41, 5.74) is 1.68. The molecule has 4 heteroatoms. The Bertz CT molecular complexity index is 1390. The van der Waals surface area contributed by atoms with Crippen LogP contribution in [0.2, 0.25) is 0 Å². The van der Waals surface area contributed by atoms with E-state index in [0.717, 1.165) is 21.5 Å². The van der Waals surface area contributed by atoms with Crippen molar-refractivity contribution < 1.29 is 14.6 Å². The number of hydrogen-bond acceptors (Lipinski definition) is 4. The van der Waals surface area contributed by atoms with E-state index < -0.39 is 5.97 Å². The lowest BCUT2D eigenvalue weighted by Gasteiger charge is -2.16. The summed E-state index contributed by atoms with van der Waals surface area (Å²) in [4.78, 5) is 16.7. The second-order valence-corrected chi connectivity index (χ2v) is 6.97. The minimum absolute atomic E-state index is 0.128. The summed E-state index contributed by atoms with van der Waals surface area (Å²) in [5.74, 6) is 0.0114. The molecule has 0 amide bonds.